The van der Waals surface area contributed by atoms with Crippen LogP contribution >= 0.6 is 22.9 Å². The highest BCUT2D eigenvalue weighted by atomic mass is 35.5. The molecule has 1 fully saturated rings. The number of carbonyl (C=O) groups excluding carboxylic acids is 1. The Balaban J connectivity index is 1.61. The fraction of sp³-hybridized carbons (Fsp3) is 0.214. The van der Waals surface area contributed by atoms with Crippen molar-refractivity contribution in [2.75, 3.05) is 4.90 Å². The molecule has 1 aromatic carbocycles. The van der Waals surface area contributed by atoms with E-state index in [4.69, 9.17) is 11.6 Å². The zero-order chi connectivity index (χ0) is 18.3. The van der Waals surface area contributed by atoms with Crippen LogP contribution < -0.4 is 4.90 Å². The van der Waals surface area contributed by atoms with Crippen molar-refractivity contribution in [3.8, 4) is 0 Å². The molecule has 4 rings (SSSR count). The average molecular weight is 392 g/mol. The second-order valence-corrected chi connectivity index (χ2v) is 6.99. The van der Waals surface area contributed by atoms with E-state index < -0.39 is 16.3 Å². The first-order valence-electron chi connectivity index (χ1n) is 7.41. The van der Waals surface area contributed by atoms with Gasteiger partial charge in [0.1, 0.15) is 23.0 Å². The average Bonchev–Trinajstić information content (AvgIpc) is 3.31. The lowest BCUT2D eigenvalue weighted by molar-refractivity contribution is -0.384. The summed E-state index contributed by atoms with van der Waals surface area (Å²) in [7, 11) is 0. The number of hydrogen-bond donors (Lipinski definition) is 0. The van der Waals surface area contributed by atoms with Crippen LogP contribution in [0.1, 0.15) is 16.6 Å². The quantitative estimate of drug-likeness (QED) is 0.281. The van der Waals surface area contributed by atoms with Crippen molar-refractivity contribution in [2.24, 2.45) is 0 Å². The summed E-state index contributed by atoms with van der Waals surface area (Å²) in [4.78, 5) is 28.0. The van der Waals surface area contributed by atoms with Crippen molar-refractivity contribution in [3.05, 3.63) is 57.6 Å². The number of alkyl halides is 1. The Morgan fingerprint density at radius 1 is 1.35 bits per heavy atom. The molecule has 1 aliphatic rings. The maximum absolute atomic E-state index is 12.3. The van der Waals surface area contributed by atoms with E-state index in [1.165, 1.54) is 34.7 Å². The molecule has 0 radical (unpaired) electrons. The number of benzene rings is 1. The molecule has 0 aliphatic carbocycles. The van der Waals surface area contributed by atoms with E-state index in [1.54, 1.807) is 23.1 Å². The van der Waals surface area contributed by atoms with Gasteiger partial charge in [-0.05, 0) is 5.56 Å². The second-order valence-electron chi connectivity index (χ2n) is 5.48. The summed E-state index contributed by atoms with van der Waals surface area (Å²) < 4.78 is 1.59. The zero-order valence-electron chi connectivity index (χ0n) is 13.0. The van der Waals surface area contributed by atoms with Gasteiger partial charge in [0.05, 0.1) is 17.5 Å². The summed E-state index contributed by atoms with van der Waals surface area (Å²) in [5.74, 6) is -0.313. The topological polar surface area (TPSA) is 120 Å². The minimum atomic E-state index is -0.806. The standard InChI is InChI=1S/C14H10ClN7O3S/c15-11-12(8-2-1-3-9(4-8)22(24)25)21(13(11)23)14-19-18-10(26-14)5-20-7-16-6-17-20/h1-4,6-7,11-12H,5H2. The second kappa shape index (κ2) is 6.42. The van der Waals surface area contributed by atoms with Crippen LogP contribution in [0.5, 0.6) is 0 Å². The largest absolute Gasteiger partial charge is 0.276 e. The molecule has 26 heavy (non-hydrogen) atoms. The predicted molar refractivity (Wildman–Crippen MR) is 92.0 cm³/mol. The van der Waals surface area contributed by atoms with Crippen molar-refractivity contribution in [1.82, 2.24) is 25.0 Å². The number of anilines is 1. The Hall–Kier alpha value is -2.92. The first-order chi connectivity index (χ1) is 12.5. The van der Waals surface area contributed by atoms with Crippen molar-refractivity contribution in [2.45, 2.75) is 18.0 Å². The minimum Gasteiger partial charge on any atom is -0.276 e. The molecule has 12 heteroatoms. The summed E-state index contributed by atoms with van der Waals surface area (Å²) in [6.07, 6.45) is 2.97. The first-order valence-corrected chi connectivity index (χ1v) is 8.66. The van der Waals surface area contributed by atoms with Crippen LogP contribution in [0, 0.1) is 10.1 Å². The molecule has 10 nitrogen and oxygen atoms in total. The highest BCUT2D eigenvalue weighted by molar-refractivity contribution is 7.15. The molecule has 2 aromatic heterocycles. The summed E-state index contributed by atoms with van der Waals surface area (Å²) >= 11 is 7.40. The van der Waals surface area contributed by atoms with E-state index >= 15 is 0 Å². The summed E-state index contributed by atoms with van der Waals surface area (Å²) in [5.41, 5.74) is 0.515. The van der Waals surface area contributed by atoms with Crippen LogP contribution in [0.2, 0.25) is 0 Å². The van der Waals surface area contributed by atoms with Gasteiger partial charge in [0, 0.05) is 12.1 Å². The van der Waals surface area contributed by atoms with Gasteiger partial charge in [-0.25, -0.2) is 9.67 Å². The van der Waals surface area contributed by atoms with Gasteiger partial charge in [-0.3, -0.25) is 19.8 Å². The number of aromatic nitrogens is 5. The van der Waals surface area contributed by atoms with E-state index in [1.807, 2.05) is 0 Å². The zero-order valence-corrected chi connectivity index (χ0v) is 14.5. The van der Waals surface area contributed by atoms with Gasteiger partial charge in [-0.2, -0.15) is 5.10 Å². The molecular weight excluding hydrogens is 382 g/mol. The minimum absolute atomic E-state index is 0.0604. The van der Waals surface area contributed by atoms with Crippen molar-refractivity contribution < 1.29 is 9.72 Å². The lowest BCUT2D eigenvalue weighted by Crippen LogP contribution is -2.56. The number of nitro groups is 1. The van der Waals surface area contributed by atoms with Crippen LogP contribution in [0.4, 0.5) is 10.8 Å². The third kappa shape index (κ3) is 2.80. The number of rotatable bonds is 5. The molecule has 1 saturated heterocycles. The molecule has 0 saturated carbocycles. The van der Waals surface area contributed by atoms with Gasteiger partial charge < -0.3 is 0 Å². The Kier molecular flexibility index (Phi) is 4.09. The monoisotopic (exact) mass is 391 g/mol. The SMILES string of the molecule is O=C1C(Cl)C(c2cccc([N+](=O)[O-])c2)N1c1nnc(Cn2cncn2)s1. The van der Waals surface area contributed by atoms with E-state index in [0.29, 0.717) is 22.2 Å². The highest BCUT2D eigenvalue weighted by Crippen LogP contribution is 2.43. The van der Waals surface area contributed by atoms with Crippen LogP contribution in [-0.2, 0) is 11.3 Å². The number of nitro benzene ring substituents is 1. The summed E-state index contributed by atoms with van der Waals surface area (Å²) in [6, 6.07) is 5.53. The number of nitrogens with zero attached hydrogens (tertiary/aromatic N) is 7. The Bertz CT molecular complexity index is 977. The molecule has 1 amide bonds. The Morgan fingerprint density at radius 3 is 2.92 bits per heavy atom. The summed E-state index contributed by atoms with van der Waals surface area (Å²) in [5, 5.41) is 23.3. The highest BCUT2D eigenvalue weighted by Gasteiger charge is 2.49. The van der Waals surface area contributed by atoms with E-state index in [2.05, 4.69) is 20.3 Å². The molecule has 0 spiro atoms. The molecule has 2 atom stereocenters. The van der Waals surface area contributed by atoms with Gasteiger partial charge in [-0.15, -0.1) is 21.8 Å². The fourth-order valence-electron chi connectivity index (χ4n) is 2.67. The molecule has 3 aromatic rings. The Morgan fingerprint density at radius 2 is 2.19 bits per heavy atom. The van der Waals surface area contributed by atoms with Crippen molar-refractivity contribution in [1.29, 1.82) is 0 Å². The normalized spacial score (nSPS) is 19.4. The third-order valence-corrected chi connectivity index (χ3v) is 5.21. The number of β-lactam (4-membered cyclic amide) rings is 1. The molecular formula is C14H10ClN7O3S. The lowest BCUT2D eigenvalue weighted by Gasteiger charge is -2.42. The molecule has 3 heterocycles. The molecule has 2 unspecified atom stereocenters. The number of halogens is 1. The number of carbonyl (C=O) groups is 1. The fourth-order valence-corrected chi connectivity index (χ4v) is 3.90. The Labute approximate surface area is 155 Å². The molecule has 0 N–H and O–H groups in total. The maximum Gasteiger partial charge on any atom is 0.269 e. The van der Waals surface area contributed by atoms with Gasteiger partial charge in [0.25, 0.3) is 5.69 Å². The molecule has 0 bridgehead atoms. The van der Waals surface area contributed by atoms with Gasteiger partial charge in [-0.1, -0.05) is 23.5 Å². The molecule has 132 valence electrons. The van der Waals surface area contributed by atoms with Crippen LogP contribution in [0.25, 0.3) is 0 Å². The third-order valence-electron chi connectivity index (χ3n) is 3.88. The smallest absolute Gasteiger partial charge is 0.269 e. The van der Waals surface area contributed by atoms with Crippen LogP contribution in [0.3, 0.4) is 0 Å². The van der Waals surface area contributed by atoms with Crippen LogP contribution in [-0.4, -0.2) is 41.2 Å². The summed E-state index contributed by atoms with van der Waals surface area (Å²) in [6.45, 7) is 0.380. The van der Waals surface area contributed by atoms with E-state index in [0.717, 1.165) is 0 Å². The first kappa shape index (κ1) is 16.5. The van der Waals surface area contributed by atoms with E-state index in [9.17, 15) is 14.9 Å². The van der Waals surface area contributed by atoms with Gasteiger partial charge >= 0.3 is 0 Å². The predicted octanol–water partition coefficient (Wildman–Crippen LogP) is 1.78. The van der Waals surface area contributed by atoms with Crippen molar-refractivity contribution >= 4 is 39.7 Å². The van der Waals surface area contributed by atoms with Gasteiger partial charge in [0.2, 0.25) is 11.0 Å². The molecule has 1 aliphatic heterocycles. The number of hydrogen-bond acceptors (Lipinski definition) is 8. The lowest BCUT2D eigenvalue weighted by atomic mass is 9.93. The van der Waals surface area contributed by atoms with Crippen LogP contribution in [0.15, 0.2) is 36.9 Å². The van der Waals surface area contributed by atoms with E-state index in [-0.39, 0.29) is 11.6 Å². The van der Waals surface area contributed by atoms with Gasteiger partial charge in [0.15, 0.2) is 0 Å². The number of amides is 1. The van der Waals surface area contributed by atoms with Crippen molar-refractivity contribution in [3.63, 3.8) is 0 Å². The maximum atomic E-state index is 12.3. The number of non-ortho nitro benzene ring substituents is 1.